The molecular formula is C24H24N6O2S2. The molecule has 1 saturated heterocycles. The third-order valence-corrected chi connectivity index (χ3v) is 8.02. The molecule has 174 valence electrons. The number of fused-ring (bicyclic) bond motifs is 1. The minimum absolute atomic E-state index is 0.0153. The van der Waals surface area contributed by atoms with Crippen molar-refractivity contribution in [2.75, 3.05) is 24.2 Å². The van der Waals surface area contributed by atoms with Crippen LogP contribution < -0.4 is 5.32 Å². The van der Waals surface area contributed by atoms with E-state index in [9.17, 15) is 9.59 Å². The number of rotatable bonds is 6. The highest BCUT2D eigenvalue weighted by atomic mass is 32.2. The van der Waals surface area contributed by atoms with Gasteiger partial charge in [-0.3, -0.25) is 9.59 Å². The molecule has 4 aromatic rings. The van der Waals surface area contributed by atoms with Gasteiger partial charge in [-0.1, -0.05) is 23.9 Å². The number of likely N-dealkylation sites (tertiary alicyclic amines) is 1. The second-order valence-corrected chi connectivity index (χ2v) is 10.3. The van der Waals surface area contributed by atoms with Crippen molar-refractivity contribution >= 4 is 50.8 Å². The van der Waals surface area contributed by atoms with E-state index in [-0.39, 0.29) is 23.5 Å². The van der Waals surface area contributed by atoms with E-state index in [2.05, 4.69) is 21.6 Å². The maximum atomic E-state index is 13.2. The molecule has 1 atom stereocenters. The number of hydrogen-bond acceptors (Lipinski definition) is 7. The van der Waals surface area contributed by atoms with E-state index >= 15 is 0 Å². The van der Waals surface area contributed by atoms with Crippen LogP contribution in [0.5, 0.6) is 0 Å². The predicted octanol–water partition coefficient (Wildman–Crippen LogP) is 4.18. The second-order valence-electron chi connectivity index (χ2n) is 8.25. The number of aromatic nitrogens is 4. The molecule has 0 spiro atoms. The molecule has 2 aromatic carbocycles. The van der Waals surface area contributed by atoms with Gasteiger partial charge >= 0.3 is 0 Å². The Hall–Kier alpha value is -3.24. The van der Waals surface area contributed by atoms with Crippen LogP contribution in [0.3, 0.4) is 0 Å². The number of thiazole rings is 1. The van der Waals surface area contributed by atoms with Crippen molar-refractivity contribution in [3.8, 4) is 0 Å². The van der Waals surface area contributed by atoms with Crippen molar-refractivity contribution in [3.05, 3.63) is 65.4 Å². The highest BCUT2D eigenvalue weighted by molar-refractivity contribution is 7.99. The number of thioether (sulfide) groups is 1. The van der Waals surface area contributed by atoms with Crippen molar-refractivity contribution in [2.24, 2.45) is 7.05 Å². The van der Waals surface area contributed by atoms with Gasteiger partial charge in [-0.05, 0) is 49.2 Å². The third kappa shape index (κ3) is 4.97. The summed E-state index contributed by atoms with van der Waals surface area (Å²) in [5.74, 6) is 0.372. The van der Waals surface area contributed by atoms with Crippen LogP contribution >= 0.6 is 23.1 Å². The van der Waals surface area contributed by atoms with Crippen LogP contribution in [0.1, 0.15) is 34.1 Å². The highest BCUT2D eigenvalue weighted by Gasteiger charge is 2.27. The standard InChI is InChI=1S/C24H24N6O2S2/c1-29-15-25-28-24(29)33-14-21(31)26-18-10-8-16(9-11-18)23(32)30-12-4-5-17(13-30)22-27-19-6-2-3-7-20(19)34-22/h2-3,6-11,15,17H,4-5,12-14H2,1H3,(H,26,31)/t17-/m0/s1. The van der Waals surface area contributed by atoms with Gasteiger partial charge in [0.1, 0.15) is 6.33 Å². The van der Waals surface area contributed by atoms with Gasteiger partial charge in [0.2, 0.25) is 5.91 Å². The number of amides is 2. The van der Waals surface area contributed by atoms with Crippen LogP contribution in [0.15, 0.2) is 60.0 Å². The molecule has 0 saturated carbocycles. The van der Waals surface area contributed by atoms with Crippen LogP contribution in [0.4, 0.5) is 5.69 Å². The van der Waals surface area contributed by atoms with Gasteiger partial charge < -0.3 is 14.8 Å². The number of carbonyl (C=O) groups excluding carboxylic acids is 2. The fourth-order valence-corrected chi connectivity index (χ4v) is 5.82. The molecule has 0 bridgehead atoms. The van der Waals surface area contributed by atoms with Gasteiger partial charge in [0.25, 0.3) is 5.91 Å². The van der Waals surface area contributed by atoms with Gasteiger partial charge in [-0.2, -0.15) is 0 Å². The first-order valence-electron chi connectivity index (χ1n) is 11.1. The quantitative estimate of drug-likeness (QED) is 0.406. The maximum Gasteiger partial charge on any atom is 0.253 e. The molecule has 5 rings (SSSR count). The summed E-state index contributed by atoms with van der Waals surface area (Å²) in [4.78, 5) is 32.1. The number of carbonyl (C=O) groups is 2. The zero-order valence-electron chi connectivity index (χ0n) is 18.7. The molecule has 3 heterocycles. The summed E-state index contributed by atoms with van der Waals surface area (Å²) in [5.41, 5.74) is 2.31. The molecule has 1 aliphatic heterocycles. The average molecular weight is 493 g/mol. The summed E-state index contributed by atoms with van der Waals surface area (Å²) in [6, 6.07) is 15.3. The summed E-state index contributed by atoms with van der Waals surface area (Å²) in [7, 11) is 1.83. The summed E-state index contributed by atoms with van der Waals surface area (Å²) in [6.45, 7) is 1.42. The Morgan fingerprint density at radius 3 is 2.76 bits per heavy atom. The van der Waals surface area contributed by atoms with Crippen molar-refractivity contribution in [1.82, 2.24) is 24.6 Å². The SMILES string of the molecule is Cn1cnnc1SCC(=O)Nc1ccc(C(=O)N2CCC[C@H](c3nc4ccccc4s3)C2)cc1. The number of nitrogens with one attached hydrogen (secondary N) is 1. The predicted molar refractivity (Wildman–Crippen MR) is 134 cm³/mol. The molecule has 1 aliphatic rings. The average Bonchev–Trinajstić information content (AvgIpc) is 3.49. The van der Waals surface area contributed by atoms with E-state index in [1.807, 2.05) is 30.1 Å². The molecule has 34 heavy (non-hydrogen) atoms. The zero-order chi connectivity index (χ0) is 23.5. The van der Waals surface area contributed by atoms with E-state index < -0.39 is 0 Å². The molecule has 8 nitrogen and oxygen atoms in total. The van der Waals surface area contributed by atoms with Gasteiger partial charge in [-0.15, -0.1) is 21.5 Å². The second kappa shape index (κ2) is 9.94. The molecule has 10 heteroatoms. The molecule has 0 unspecified atom stereocenters. The van der Waals surface area contributed by atoms with Crippen molar-refractivity contribution in [2.45, 2.75) is 23.9 Å². The lowest BCUT2D eigenvalue weighted by molar-refractivity contribution is -0.113. The fourth-order valence-electron chi connectivity index (χ4n) is 4.04. The largest absolute Gasteiger partial charge is 0.338 e. The zero-order valence-corrected chi connectivity index (χ0v) is 20.3. The number of piperidine rings is 1. The number of aryl methyl sites for hydroxylation is 1. The van der Waals surface area contributed by atoms with E-state index in [4.69, 9.17) is 4.98 Å². The van der Waals surface area contributed by atoms with E-state index in [0.29, 0.717) is 23.0 Å². The molecule has 2 amide bonds. The molecule has 1 fully saturated rings. The van der Waals surface area contributed by atoms with Gasteiger partial charge in [-0.25, -0.2) is 4.98 Å². The van der Waals surface area contributed by atoms with Crippen molar-refractivity contribution < 1.29 is 9.59 Å². The van der Waals surface area contributed by atoms with Crippen LogP contribution in [0.2, 0.25) is 0 Å². The number of nitrogens with zero attached hydrogens (tertiary/aromatic N) is 5. The first-order chi connectivity index (χ1) is 16.6. The summed E-state index contributed by atoms with van der Waals surface area (Å²) in [5, 5.41) is 12.4. The lowest BCUT2D eigenvalue weighted by Crippen LogP contribution is -2.39. The number of anilines is 1. The Kier molecular flexibility index (Phi) is 6.59. The molecule has 0 aliphatic carbocycles. The molecule has 2 aromatic heterocycles. The summed E-state index contributed by atoms with van der Waals surface area (Å²) >= 11 is 3.04. The smallest absolute Gasteiger partial charge is 0.253 e. The van der Waals surface area contributed by atoms with Crippen LogP contribution in [-0.2, 0) is 11.8 Å². The lowest BCUT2D eigenvalue weighted by Gasteiger charge is -2.32. The summed E-state index contributed by atoms with van der Waals surface area (Å²) in [6.07, 6.45) is 3.60. The Morgan fingerprint density at radius 2 is 2.00 bits per heavy atom. The first kappa shape index (κ1) is 22.5. The Morgan fingerprint density at radius 1 is 1.18 bits per heavy atom. The van der Waals surface area contributed by atoms with Crippen LogP contribution in [0, 0.1) is 0 Å². The number of benzene rings is 2. The molecule has 1 N–H and O–H groups in total. The first-order valence-corrected chi connectivity index (χ1v) is 12.9. The lowest BCUT2D eigenvalue weighted by atomic mass is 9.98. The maximum absolute atomic E-state index is 13.2. The minimum atomic E-state index is -0.137. The van der Waals surface area contributed by atoms with Crippen molar-refractivity contribution in [1.29, 1.82) is 0 Å². The normalized spacial score (nSPS) is 16.0. The van der Waals surface area contributed by atoms with Gasteiger partial charge in [0.05, 0.1) is 21.0 Å². The van der Waals surface area contributed by atoms with E-state index in [0.717, 1.165) is 29.9 Å². The highest BCUT2D eigenvalue weighted by Crippen LogP contribution is 2.33. The van der Waals surface area contributed by atoms with E-state index in [1.54, 1.807) is 46.5 Å². The molecular weight excluding hydrogens is 468 g/mol. The third-order valence-electron chi connectivity index (χ3n) is 5.79. The summed E-state index contributed by atoms with van der Waals surface area (Å²) < 4.78 is 2.95. The van der Waals surface area contributed by atoms with Crippen LogP contribution in [0.25, 0.3) is 10.2 Å². The van der Waals surface area contributed by atoms with E-state index in [1.165, 1.54) is 16.5 Å². The Labute approximate surface area is 205 Å². The van der Waals surface area contributed by atoms with Crippen LogP contribution in [-0.4, -0.2) is 55.3 Å². The monoisotopic (exact) mass is 492 g/mol. The number of hydrogen-bond donors (Lipinski definition) is 1. The Balaban J connectivity index is 1.18. The molecule has 0 radical (unpaired) electrons. The minimum Gasteiger partial charge on any atom is -0.338 e. The topological polar surface area (TPSA) is 93.0 Å². The van der Waals surface area contributed by atoms with Crippen molar-refractivity contribution in [3.63, 3.8) is 0 Å². The fraction of sp³-hybridized carbons (Fsp3) is 0.292. The number of para-hydroxylation sites is 1. The van der Waals surface area contributed by atoms with Gasteiger partial charge in [0.15, 0.2) is 5.16 Å². The Bertz CT molecular complexity index is 1280. The van der Waals surface area contributed by atoms with Gasteiger partial charge in [0, 0.05) is 37.3 Å².